The van der Waals surface area contributed by atoms with Crippen molar-refractivity contribution in [3.05, 3.63) is 89.1 Å². The van der Waals surface area contributed by atoms with Crippen molar-refractivity contribution in [1.82, 2.24) is 10.2 Å². The smallest absolute Gasteiger partial charge is 0.261 e. The third-order valence-electron chi connectivity index (χ3n) is 4.89. The number of hydrogen-bond acceptors (Lipinski definition) is 3. The molecule has 1 amide bonds. The van der Waals surface area contributed by atoms with Gasteiger partial charge in [-0.25, -0.2) is 0 Å². The fourth-order valence-electron chi connectivity index (χ4n) is 3.38. The zero-order chi connectivity index (χ0) is 19.7. The van der Waals surface area contributed by atoms with Gasteiger partial charge in [0, 0.05) is 36.3 Å². The summed E-state index contributed by atoms with van der Waals surface area (Å²) >= 11 is 0. The van der Waals surface area contributed by atoms with E-state index in [9.17, 15) is 9.90 Å². The molecule has 0 unspecified atom stereocenters. The number of phenolic OH excluding ortho intramolecular Hbond substituents is 1. The van der Waals surface area contributed by atoms with Crippen molar-refractivity contribution >= 4 is 22.5 Å². The van der Waals surface area contributed by atoms with Crippen LogP contribution in [-0.2, 0) is 6.42 Å². The summed E-state index contributed by atoms with van der Waals surface area (Å²) in [7, 11) is 1.70. The van der Waals surface area contributed by atoms with Crippen LogP contribution in [-0.4, -0.2) is 28.3 Å². The fourth-order valence-corrected chi connectivity index (χ4v) is 3.38. The minimum atomic E-state index is -0.270. The van der Waals surface area contributed by atoms with Crippen LogP contribution in [0.4, 0.5) is 5.69 Å². The van der Waals surface area contributed by atoms with Crippen LogP contribution < -0.4 is 4.90 Å². The Morgan fingerprint density at radius 2 is 1.86 bits per heavy atom. The number of phenols is 1. The zero-order valence-electron chi connectivity index (χ0n) is 15.8. The lowest BCUT2D eigenvalue weighted by molar-refractivity contribution is 0.0990. The molecule has 4 rings (SSSR count). The molecule has 3 aromatic carbocycles. The van der Waals surface area contributed by atoms with E-state index in [1.165, 1.54) is 16.5 Å². The lowest BCUT2D eigenvalue weighted by atomic mass is 10.0. The number of amides is 1. The molecule has 0 aliphatic carbocycles. The van der Waals surface area contributed by atoms with E-state index >= 15 is 0 Å². The molecule has 140 valence electrons. The second-order valence-electron chi connectivity index (χ2n) is 6.95. The number of nitrogens with one attached hydrogen (secondary N) is 1. The summed E-state index contributed by atoms with van der Waals surface area (Å²) in [6.07, 6.45) is 0.672. The lowest BCUT2D eigenvalue weighted by Gasteiger charge is -2.18. The van der Waals surface area contributed by atoms with E-state index < -0.39 is 0 Å². The number of fused-ring (bicyclic) bond motifs is 1. The molecule has 0 aliphatic rings. The van der Waals surface area contributed by atoms with E-state index in [0.29, 0.717) is 11.9 Å². The maximum atomic E-state index is 13.0. The van der Waals surface area contributed by atoms with Gasteiger partial charge >= 0.3 is 0 Å². The minimum Gasteiger partial charge on any atom is -0.507 e. The zero-order valence-corrected chi connectivity index (χ0v) is 15.8. The summed E-state index contributed by atoms with van der Waals surface area (Å²) in [6.45, 7) is 2.06. The number of hydrogen-bond donors (Lipinski definition) is 2. The molecule has 4 aromatic rings. The first-order chi connectivity index (χ1) is 13.5. The number of nitrogens with zero attached hydrogens (tertiary/aromatic N) is 2. The second-order valence-corrected chi connectivity index (χ2v) is 6.95. The van der Waals surface area contributed by atoms with E-state index in [2.05, 4.69) is 35.3 Å². The van der Waals surface area contributed by atoms with Crippen molar-refractivity contribution in [3.63, 3.8) is 0 Å². The summed E-state index contributed by atoms with van der Waals surface area (Å²) in [5.74, 6) is -0.345. The van der Waals surface area contributed by atoms with Crippen molar-refractivity contribution in [1.29, 1.82) is 0 Å². The van der Waals surface area contributed by atoms with Crippen molar-refractivity contribution in [2.45, 2.75) is 13.3 Å². The molecule has 0 radical (unpaired) electrons. The summed E-state index contributed by atoms with van der Waals surface area (Å²) in [5.41, 5.74) is 4.92. The topological polar surface area (TPSA) is 69.2 Å². The van der Waals surface area contributed by atoms with Gasteiger partial charge in [0.2, 0.25) is 0 Å². The van der Waals surface area contributed by atoms with Gasteiger partial charge in [-0.1, -0.05) is 48.0 Å². The maximum absolute atomic E-state index is 13.0. The van der Waals surface area contributed by atoms with Crippen molar-refractivity contribution < 1.29 is 9.90 Å². The molecule has 1 aromatic heterocycles. The Morgan fingerprint density at radius 1 is 1.07 bits per heavy atom. The SMILES string of the molecule is Cc1cccc(Cc2[nH]nc3cc(O)c(C(=O)N(C)c4ccccc4)cc23)c1. The summed E-state index contributed by atoms with van der Waals surface area (Å²) in [6, 6.07) is 20.9. The quantitative estimate of drug-likeness (QED) is 0.557. The van der Waals surface area contributed by atoms with Crippen LogP contribution in [0.25, 0.3) is 10.9 Å². The minimum absolute atomic E-state index is 0.0751. The van der Waals surface area contributed by atoms with Crippen LogP contribution >= 0.6 is 0 Å². The molecule has 0 fully saturated rings. The van der Waals surface area contributed by atoms with Gasteiger partial charge in [0.15, 0.2) is 0 Å². The Hall–Kier alpha value is -3.60. The largest absolute Gasteiger partial charge is 0.507 e. The van der Waals surface area contributed by atoms with Gasteiger partial charge < -0.3 is 10.0 Å². The highest BCUT2D eigenvalue weighted by molar-refractivity contribution is 6.09. The first kappa shape index (κ1) is 17.8. The molecule has 2 N–H and O–H groups in total. The van der Waals surface area contributed by atoms with Gasteiger partial charge in [-0.2, -0.15) is 5.10 Å². The highest BCUT2D eigenvalue weighted by atomic mass is 16.3. The molecule has 0 atom stereocenters. The Morgan fingerprint density at radius 3 is 2.61 bits per heavy atom. The number of anilines is 1. The molecule has 0 saturated heterocycles. The maximum Gasteiger partial charge on any atom is 0.261 e. The van der Waals surface area contributed by atoms with E-state index in [-0.39, 0.29) is 17.2 Å². The predicted molar refractivity (Wildman–Crippen MR) is 111 cm³/mol. The molecule has 5 heteroatoms. The average Bonchev–Trinajstić information content (AvgIpc) is 3.08. The van der Waals surface area contributed by atoms with Crippen molar-refractivity contribution in [2.75, 3.05) is 11.9 Å². The fraction of sp³-hybridized carbons (Fsp3) is 0.130. The Balaban J connectivity index is 1.71. The summed E-state index contributed by atoms with van der Waals surface area (Å²) < 4.78 is 0. The number of aryl methyl sites for hydroxylation is 1. The molecular formula is C23H21N3O2. The van der Waals surface area contributed by atoms with Gasteiger partial charge in [-0.3, -0.25) is 9.89 Å². The van der Waals surface area contributed by atoms with Crippen molar-refractivity contribution in [3.8, 4) is 5.75 Å². The van der Waals surface area contributed by atoms with Gasteiger partial charge in [-0.05, 0) is 30.7 Å². The standard InChI is InChI=1S/C23H21N3O2/c1-15-7-6-8-16(11-15)12-20-18-13-19(22(27)14-21(18)25-24-20)23(28)26(2)17-9-4-3-5-10-17/h3-11,13-14,27H,12H2,1-2H3,(H,24,25). The van der Waals surface area contributed by atoms with Gasteiger partial charge in [0.1, 0.15) is 5.75 Å². The third-order valence-corrected chi connectivity index (χ3v) is 4.89. The number of aromatic amines is 1. The van der Waals surface area contributed by atoms with Gasteiger partial charge in [-0.15, -0.1) is 0 Å². The van der Waals surface area contributed by atoms with Gasteiger partial charge in [0.25, 0.3) is 5.91 Å². The van der Waals surface area contributed by atoms with E-state index in [1.807, 2.05) is 36.4 Å². The van der Waals surface area contributed by atoms with E-state index in [4.69, 9.17) is 0 Å². The van der Waals surface area contributed by atoms with Crippen molar-refractivity contribution in [2.24, 2.45) is 0 Å². The Bertz CT molecular complexity index is 1150. The Kier molecular flexibility index (Phi) is 4.57. The van der Waals surface area contributed by atoms with Crippen LogP contribution in [0.15, 0.2) is 66.7 Å². The number of rotatable bonds is 4. The summed E-state index contributed by atoms with van der Waals surface area (Å²) in [4.78, 5) is 14.5. The molecule has 1 heterocycles. The molecule has 0 spiro atoms. The van der Waals surface area contributed by atoms with E-state index in [0.717, 1.165) is 22.3 Å². The number of benzene rings is 3. The molecule has 0 saturated carbocycles. The molecular weight excluding hydrogens is 350 g/mol. The number of aromatic nitrogens is 2. The number of carbonyl (C=O) groups excluding carboxylic acids is 1. The first-order valence-corrected chi connectivity index (χ1v) is 9.11. The third kappa shape index (κ3) is 3.34. The molecule has 5 nitrogen and oxygen atoms in total. The monoisotopic (exact) mass is 371 g/mol. The van der Waals surface area contributed by atoms with Gasteiger partial charge in [0.05, 0.1) is 11.1 Å². The second kappa shape index (κ2) is 7.19. The van der Waals surface area contributed by atoms with Crippen LogP contribution in [0.3, 0.4) is 0 Å². The van der Waals surface area contributed by atoms with E-state index in [1.54, 1.807) is 13.1 Å². The lowest BCUT2D eigenvalue weighted by Crippen LogP contribution is -2.26. The highest BCUT2D eigenvalue weighted by Gasteiger charge is 2.20. The number of H-pyrrole nitrogens is 1. The van der Waals surface area contributed by atoms with Crippen LogP contribution in [0.5, 0.6) is 5.75 Å². The van der Waals surface area contributed by atoms with Crippen LogP contribution in [0, 0.1) is 6.92 Å². The predicted octanol–water partition coefficient (Wildman–Crippen LogP) is 4.44. The number of aromatic hydroxyl groups is 1. The number of para-hydroxylation sites is 1. The normalized spacial score (nSPS) is 10.9. The highest BCUT2D eigenvalue weighted by Crippen LogP contribution is 2.29. The summed E-state index contributed by atoms with van der Waals surface area (Å²) in [5, 5.41) is 18.6. The molecule has 28 heavy (non-hydrogen) atoms. The Labute approximate surface area is 163 Å². The average molecular weight is 371 g/mol. The molecule has 0 aliphatic heterocycles. The first-order valence-electron chi connectivity index (χ1n) is 9.11. The van der Waals surface area contributed by atoms with Crippen LogP contribution in [0.2, 0.25) is 0 Å². The molecule has 0 bridgehead atoms. The van der Waals surface area contributed by atoms with Crippen LogP contribution in [0.1, 0.15) is 27.2 Å². The number of carbonyl (C=O) groups is 1.